The number of hydrogen-bond acceptors (Lipinski definition) is 1. The average Bonchev–Trinajstić information content (AvgIpc) is 2.44. The van der Waals surface area contributed by atoms with Crippen molar-refractivity contribution in [3.05, 3.63) is 71.3 Å². The van der Waals surface area contributed by atoms with E-state index >= 15 is 0 Å². The summed E-state index contributed by atoms with van der Waals surface area (Å²) in [6.07, 6.45) is 0. The molecule has 0 heterocycles. The maximum Gasteiger partial charge on any atom is 0.251 e. The lowest BCUT2D eigenvalue weighted by Crippen LogP contribution is -2.27. The van der Waals surface area contributed by atoms with Crippen molar-refractivity contribution < 1.29 is 13.6 Å². The van der Waals surface area contributed by atoms with E-state index in [0.717, 1.165) is 23.8 Å². The minimum atomic E-state index is -0.758. The van der Waals surface area contributed by atoms with Gasteiger partial charge in [0.25, 0.3) is 5.91 Å². The molecule has 1 atom stereocenters. The molecule has 2 aromatic carbocycles. The van der Waals surface area contributed by atoms with Crippen molar-refractivity contribution in [2.45, 2.75) is 12.8 Å². The first kappa shape index (κ1) is 14.2. The lowest BCUT2D eigenvalue weighted by Gasteiger charge is -2.13. The maximum atomic E-state index is 13.0. The topological polar surface area (TPSA) is 29.1 Å². The normalized spacial score (nSPS) is 11.9. The molecule has 2 rings (SSSR count). The van der Waals surface area contributed by atoms with E-state index < -0.39 is 17.5 Å². The van der Waals surface area contributed by atoms with Gasteiger partial charge in [0.15, 0.2) is 0 Å². The summed E-state index contributed by atoms with van der Waals surface area (Å²) in [6.45, 7) is 2.38. The Morgan fingerprint density at radius 1 is 1.10 bits per heavy atom. The van der Waals surface area contributed by atoms with Crippen LogP contribution in [0, 0.1) is 11.6 Å². The van der Waals surface area contributed by atoms with E-state index in [1.165, 1.54) is 0 Å². The van der Waals surface area contributed by atoms with E-state index in [1.54, 1.807) is 0 Å². The van der Waals surface area contributed by atoms with Gasteiger partial charge in [0.2, 0.25) is 0 Å². The fourth-order valence-corrected chi connectivity index (χ4v) is 1.93. The number of halogens is 2. The van der Waals surface area contributed by atoms with Crippen LogP contribution in [0.25, 0.3) is 0 Å². The molecule has 2 aromatic rings. The lowest BCUT2D eigenvalue weighted by molar-refractivity contribution is 0.0950. The summed E-state index contributed by atoms with van der Waals surface area (Å²) in [5.74, 6) is -1.87. The summed E-state index contributed by atoms with van der Waals surface area (Å²) in [5, 5.41) is 2.68. The first-order chi connectivity index (χ1) is 9.56. The van der Waals surface area contributed by atoms with Crippen LogP contribution in [0.15, 0.2) is 48.5 Å². The fraction of sp³-hybridized carbons (Fsp3) is 0.188. The van der Waals surface area contributed by atoms with E-state index in [-0.39, 0.29) is 11.5 Å². The van der Waals surface area contributed by atoms with E-state index in [0.29, 0.717) is 6.54 Å². The maximum absolute atomic E-state index is 13.0. The van der Waals surface area contributed by atoms with Crippen molar-refractivity contribution >= 4 is 5.91 Å². The first-order valence-electron chi connectivity index (χ1n) is 6.35. The standard InChI is InChI=1S/C16H15F2NO/c1-11(12-5-3-2-4-6-12)10-19-16(20)13-7-14(17)9-15(18)8-13/h2-9,11H,10H2,1H3,(H,19,20)/t11-/m1/s1. The highest BCUT2D eigenvalue weighted by atomic mass is 19.1. The van der Waals surface area contributed by atoms with Crippen LogP contribution in [0.5, 0.6) is 0 Å². The fourth-order valence-electron chi connectivity index (χ4n) is 1.93. The van der Waals surface area contributed by atoms with E-state index in [4.69, 9.17) is 0 Å². The number of rotatable bonds is 4. The Morgan fingerprint density at radius 2 is 1.70 bits per heavy atom. The van der Waals surface area contributed by atoms with Gasteiger partial charge in [-0.3, -0.25) is 4.79 Å². The van der Waals surface area contributed by atoms with Gasteiger partial charge >= 0.3 is 0 Å². The van der Waals surface area contributed by atoms with Crippen molar-refractivity contribution in [3.8, 4) is 0 Å². The Balaban J connectivity index is 1.98. The number of nitrogens with one attached hydrogen (secondary N) is 1. The van der Waals surface area contributed by atoms with Crippen molar-refractivity contribution in [3.63, 3.8) is 0 Å². The predicted octanol–water partition coefficient (Wildman–Crippen LogP) is 3.50. The van der Waals surface area contributed by atoms with E-state index in [1.807, 2.05) is 37.3 Å². The third kappa shape index (κ3) is 3.63. The molecule has 1 amide bonds. The second-order valence-corrected chi connectivity index (χ2v) is 4.68. The minimum absolute atomic E-state index is 0.0113. The van der Waals surface area contributed by atoms with Crippen LogP contribution in [0.3, 0.4) is 0 Å². The smallest absolute Gasteiger partial charge is 0.251 e. The van der Waals surface area contributed by atoms with Gasteiger partial charge in [0.1, 0.15) is 11.6 Å². The second kappa shape index (κ2) is 6.28. The van der Waals surface area contributed by atoms with Gasteiger partial charge in [-0.05, 0) is 23.6 Å². The Hall–Kier alpha value is -2.23. The monoisotopic (exact) mass is 275 g/mol. The van der Waals surface area contributed by atoms with Crippen LogP contribution in [-0.2, 0) is 0 Å². The summed E-state index contributed by atoms with van der Waals surface area (Å²) in [4.78, 5) is 11.8. The predicted molar refractivity (Wildman–Crippen MR) is 73.5 cm³/mol. The molecule has 1 N–H and O–H groups in total. The molecule has 0 saturated heterocycles. The quantitative estimate of drug-likeness (QED) is 0.909. The highest BCUT2D eigenvalue weighted by Crippen LogP contribution is 2.14. The molecule has 20 heavy (non-hydrogen) atoms. The Bertz CT molecular complexity index is 578. The van der Waals surface area contributed by atoms with Crippen molar-refractivity contribution in [2.24, 2.45) is 0 Å². The van der Waals surface area contributed by atoms with Gasteiger partial charge < -0.3 is 5.32 Å². The first-order valence-corrected chi connectivity index (χ1v) is 6.35. The Kier molecular flexibility index (Phi) is 4.45. The van der Waals surface area contributed by atoms with Gasteiger partial charge in [-0.25, -0.2) is 8.78 Å². The van der Waals surface area contributed by atoms with E-state index in [2.05, 4.69) is 5.32 Å². The molecule has 0 saturated carbocycles. The zero-order valence-corrected chi connectivity index (χ0v) is 11.1. The Morgan fingerprint density at radius 3 is 2.30 bits per heavy atom. The van der Waals surface area contributed by atoms with Crippen LogP contribution in [-0.4, -0.2) is 12.5 Å². The molecule has 0 aliphatic rings. The SMILES string of the molecule is C[C@H](CNC(=O)c1cc(F)cc(F)c1)c1ccccc1. The van der Waals surface area contributed by atoms with Crippen molar-refractivity contribution in [2.75, 3.05) is 6.54 Å². The summed E-state index contributed by atoms with van der Waals surface area (Å²) in [7, 11) is 0. The highest BCUT2D eigenvalue weighted by Gasteiger charge is 2.11. The zero-order chi connectivity index (χ0) is 14.5. The molecule has 0 aliphatic carbocycles. The largest absolute Gasteiger partial charge is 0.351 e. The highest BCUT2D eigenvalue weighted by molar-refractivity contribution is 5.94. The molecule has 0 bridgehead atoms. The van der Waals surface area contributed by atoms with Crippen LogP contribution >= 0.6 is 0 Å². The Labute approximate surface area is 116 Å². The third-order valence-electron chi connectivity index (χ3n) is 3.06. The molecule has 0 unspecified atom stereocenters. The van der Waals surface area contributed by atoms with Gasteiger partial charge in [-0.1, -0.05) is 37.3 Å². The summed E-state index contributed by atoms with van der Waals surface area (Å²) in [6, 6.07) is 12.5. The molecule has 4 heteroatoms. The minimum Gasteiger partial charge on any atom is -0.351 e. The summed E-state index contributed by atoms with van der Waals surface area (Å²) < 4.78 is 26.1. The number of carbonyl (C=O) groups is 1. The van der Waals surface area contributed by atoms with Crippen molar-refractivity contribution in [1.29, 1.82) is 0 Å². The van der Waals surface area contributed by atoms with E-state index in [9.17, 15) is 13.6 Å². The van der Waals surface area contributed by atoms with Crippen molar-refractivity contribution in [1.82, 2.24) is 5.32 Å². The summed E-state index contributed by atoms with van der Waals surface area (Å²) >= 11 is 0. The number of hydrogen-bond donors (Lipinski definition) is 1. The number of carbonyl (C=O) groups excluding carboxylic acids is 1. The summed E-state index contributed by atoms with van der Waals surface area (Å²) in [5.41, 5.74) is 1.08. The zero-order valence-electron chi connectivity index (χ0n) is 11.1. The van der Waals surface area contributed by atoms with Crippen LogP contribution < -0.4 is 5.32 Å². The number of amides is 1. The van der Waals surface area contributed by atoms with Crippen LogP contribution in [0.4, 0.5) is 8.78 Å². The molecule has 0 aromatic heterocycles. The lowest BCUT2D eigenvalue weighted by atomic mass is 10.0. The van der Waals surface area contributed by atoms with Crippen LogP contribution in [0.2, 0.25) is 0 Å². The third-order valence-corrected chi connectivity index (χ3v) is 3.06. The second-order valence-electron chi connectivity index (χ2n) is 4.68. The molecule has 2 nitrogen and oxygen atoms in total. The average molecular weight is 275 g/mol. The molecule has 0 spiro atoms. The van der Waals surface area contributed by atoms with Crippen LogP contribution in [0.1, 0.15) is 28.8 Å². The molecular weight excluding hydrogens is 260 g/mol. The molecular formula is C16H15F2NO. The molecule has 0 fully saturated rings. The van der Waals surface area contributed by atoms with Gasteiger partial charge in [-0.2, -0.15) is 0 Å². The van der Waals surface area contributed by atoms with Gasteiger partial charge in [-0.15, -0.1) is 0 Å². The number of benzene rings is 2. The van der Waals surface area contributed by atoms with Gasteiger partial charge in [0, 0.05) is 18.2 Å². The van der Waals surface area contributed by atoms with Gasteiger partial charge in [0.05, 0.1) is 0 Å². The molecule has 0 radical (unpaired) electrons. The molecule has 104 valence electrons. The molecule has 0 aliphatic heterocycles.